The Bertz CT molecular complexity index is 310. The number of carbonyl (C=O) groups excluding carboxylic acids is 1. The number of hydrogen-bond acceptors (Lipinski definition) is 2. The SMILES string of the molecule is CN(CC1CCCCC1)C(=O)C1CC1C(=O)O. The summed E-state index contributed by atoms with van der Waals surface area (Å²) < 4.78 is 0. The Labute approximate surface area is 102 Å². The van der Waals surface area contributed by atoms with Gasteiger partial charge in [0.1, 0.15) is 0 Å². The van der Waals surface area contributed by atoms with Crippen LogP contribution < -0.4 is 0 Å². The smallest absolute Gasteiger partial charge is 0.307 e. The molecule has 1 N–H and O–H groups in total. The summed E-state index contributed by atoms with van der Waals surface area (Å²) in [5.74, 6) is -0.838. The molecule has 0 saturated heterocycles. The zero-order valence-corrected chi connectivity index (χ0v) is 10.4. The molecule has 2 aliphatic rings. The summed E-state index contributed by atoms with van der Waals surface area (Å²) in [6, 6.07) is 0. The summed E-state index contributed by atoms with van der Waals surface area (Å²) in [6.45, 7) is 0.807. The van der Waals surface area contributed by atoms with Gasteiger partial charge >= 0.3 is 5.97 Å². The van der Waals surface area contributed by atoms with Crippen molar-refractivity contribution in [2.45, 2.75) is 38.5 Å². The van der Waals surface area contributed by atoms with Gasteiger partial charge in [0.2, 0.25) is 5.91 Å². The van der Waals surface area contributed by atoms with E-state index in [1.54, 1.807) is 4.90 Å². The predicted molar refractivity (Wildman–Crippen MR) is 63.4 cm³/mol. The highest BCUT2D eigenvalue weighted by molar-refractivity contribution is 5.89. The monoisotopic (exact) mass is 239 g/mol. The minimum Gasteiger partial charge on any atom is -0.481 e. The molecule has 2 fully saturated rings. The zero-order chi connectivity index (χ0) is 12.4. The van der Waals surface area contributed by atoms with Crippen LogP contribution >= 0.6 is 0 Å². The third kappa shape index (κ3) is 2.99. The highest BCUT2D eigenvalue weighted by Gasteiger charge is 2.49. The lowest BCUT2D eigenvalue weighted by Crippen LogP contribution is -2.34. The maximum Gasteiger partial charge on any atom is 0.307 e. The first-order valence-electron chi connectivity index (χ1n) is 6.57. The van der Waals surface area contributed by atoms with E-state index in [0.717, 1.165) is 6.54 Å². The molecule has 2 unspecified atom stereocenters. The molecular formula is C13H21NO3. The Morgan fingerprint density at radius 1 is 1.18 bits per heavy atom. The number of carboxylic acids is 1. The highest BCUT2D eigenvalue weighted by atomic mass is 16.4. The molecule has 2 saturated carbocycles. The molecule has 17 heavy (non-hydrogen) atoms. The van der Waals surface area contributed by atoms with Crippen LogP contribution in [0.25, 0.3) is 0 Å². The van der Waals surface area contributed by atoms with Crippen molar-refractivity contribution in [3.8, 4) is 0 Å². The first kappa shape index (κ1) is 12.4. The summed E-state index contributed by atoms with van der Waals surface area (Å²) in [5, 5.41) is 8.81. The van der Waals surface area contributed by atoms with Gasteiger partial charge in [-0.2, -0.15) is 0 Å². The second kappa shape index (κ2) is 5.07. The van der Waals surface area contributed by atoms with Crippen LogP contribution in [0.2, 0.25) is 0 Å². The molecule has 0 spiro atoms. The summed E-state index contributed by atoms with van der Waals surface area (Å²) >= 11 is 0. The van der Waals surface area contributed by atoms with Crippen molar-refractivity contribution < 1.29 is 14.7 Å². The van der Waals surface area contributed by atoms with E-state index in [0.29, 0.717) is 12.3 Å². The lowest BCUT2D eigenvalue weighted by Gasteiger charge is -2.27. The summed E-state index contributed by atoms with van der Waals surface area (Å²) in [7, 11) is 1.81. The number of amides is 1. The standard InChI is InChI=1S/C13H21NO3/c1-14(8-9-5-3-2-4-6-9)12(15)10-7-11(10)13(16)17/h9-11H,2-8H2,1H3,(H,16,17). The first-order valence-corrected chi connectivity index (χ1v) is 6.57. The van der Waals surface area contributed by atoms with E-state index in [9.17, 15) is 9.59 Å². The predicted octanol–water partition coefficient (Wildman–Crippen LogP) is 1.75. The molecule has 96 valence electrons. The molecule has 0 bridgehead atoms. The van der Waals surface area contributed by atoms with Crippen LogP contribution in [0.15, 0.2) is 0 Å². The van der Waals surface area contributed by atoms with Crippen molar-refractivity contribution in [1.29, 1.82) is 0 Å². The van der Waals surface area contributed by atoms with Crippen molar-refractivity contribution in [3.63, 3.8) is 0 Å². The second-order valence-electron chi connectivity index (χ2n) is 5.51. The van der Waals surface area contributed by atoms with E-state index in [-0.39, 0.29) is 11.8 Å². The maximum absolute atomic E-state index is 12.0. The largest absolute Gasteiger partial charge is 0.481 e. The van der Waals surface area contributed by atoms with Gasteiger partial charge < -0.3 is 10.0 Å². The number of carbonyl (C=O) groups is 2. The lowest BCUT2D eigenvalue weighted by molar-refractivity contribution is -0.141. The third-order valence-corrected chi connectivity index (χ3v) is 4.06. The van der Waals surface area contributed by atoms with Gasteiger partial charge in [-0.25, -0.2) is 0 Å². The zero-order valence-electron chi connectivity index (χ0n) is 10.4. The Kier molecular flexibility index (Phi) is 3.69. The fraction of sp³-hybridized carbons (Fsp3) is 0.846. The summed E-state index contributed by atoms with van der Waals surface area (Å²) in [4.78, 5) is 24.4. The van der Waals surface area contributed by atoms with Gasteiger partial charge in [-0.3, -0.25) is 9.59 Å². The van der Waals surface area contributed by atoms with E-state index in [2.05, 4.69) is 0 Å². The molecule has 2 atom stereocenters. The third-order valence-electron chi connectivity index (χ3n) is 4.06. The minimum absolute atomic E-state index is 0.0305. The molecular weight excluding hydrogens is 218 g/mol. The van der Waals surface area contributed by atoms with Crippen LogP contribution in [0.3, 0.4) is 0 Å². The number of aliphatic carboxylic acids is 1. The lowest BCUT2D eigenvalue weighted by atomic mass is 9.89. The maximum atomic E-state index is 12.0. The molecule has 0 aliphatic heterocycles. The summed E-state index contributed by atoms with van der Waals surface area (Å²) in [5.41, 5.74) is 0. The van der Waals surface area contributed by atoms with Crippen LogP contribution in [0.1, 0.15) is 38.5 Å². The van der Waals surface area contributed by atoms with Gasteiger partial charge in [-0.1, -0.05) is 19.3 Å². The molecule has 2 aliphatic carbocycles. The molecule has 1 amide bonds. The minimum atomic E-state index is -0.825. The van der Waals surface area contributed by atoms with E-state index in [1.165, 1.54) is 32.1 Å². The molecule has 0 aromatic carbocycles. The van der Waals surface area contributed by atoms with Crippen LogP contribution in [-0.2, 0) is 9.59 Å². The topological polar surface area (TPSA) is 57.6 Å². The fourth-order valence-electron chi connectivity index (χ4n) is 2.87. The van der Waals surface area contributed by atoms with E-state index < -0.39 is 11.9 Å². The van der Waals surface area contributed by atoms with Crippen LogP contribution in [-0.4, -0.2) is 35.5 Å². The Balaban J connectivity index is 1.77. The highest BCUT2D eigenvalue weighted by Crippen LogP contribution is 2.40. The molecule has 4 nitrogen and oxygen atoms in total. The second-order valence-corrected chi connectivity index (χ2v) is 5.51. The van der Waals surface area contributed by atoms with Gasteiger partial charge in [0.15, 0.2) is 0 Å². The number of carboxylic acid groups (broad SMARTS) is 1. The Hall–Kier alpha value is -1.06. The molecule has 0 aromatic rings. The van der Waals surface area contributed by atoms with E-state index >= 15 is 0 Å². The molecule has 4 heteroatoms. The van der Waals surface area contributed by atoms with Gasteiger partial charge in [0, 0.05) is 13.6 Å². The Morgan fingerprint density at radius 3 is 2.35 bits per heavy atom. The van der Waals surface area contributed by atoms with Crippen LogP contribution in [0, 0.1) is 17.8 Å². The van der Waals surface area contributed by atoms with Crippen molar-refractivity contribution in [3.05, 3.63) is 0 Å². The molecule has 2 rings (SSSR count). The molecule has 0 radical (unpaired) electrons. The van der Waals surface area contributed by atoms with Crippen molar-refractivity contribution >= 4 is 11.9 Å². The molecule has 0 aromatic heterocycles. The summed E-state index contributed by atoms with van der Waals surface area (Å²) in [6.07, 6.45) is 6.82. The van der Waals surface area contributed by atoms with Crippen LogP contribution in [0.5, 0.6) is 0 Å². The van der Waals surface area contributed by atoms with Crippen molar-refractivity contribution in [2.75, 3.05) is 13.6 Å². The average molecular weight is 239 g/mol. The molecule has 0 heterocycles. The number of hydrogen-bond donors (Lipinski definition) is 1. The van der Waals surface area contributed by atoms with E-state index in [1.807, 2.05) is 7.05 Å². The van der Waals surface area contributed by atoms with Gasteiger partial charge in [-0.05, 0) is 25.2 Å². The quantitative estimate of drug-likeness (QED) is 0.813. The van der Waals surface area contributed by atoms with Gasteiger partial charge in [0.25, 0.3) is 0 Å². The van der Waals surface area contributed by atoms with Crippen molar-refractivity contribution in [2.24, 2.45) is 17.8 Å². The van der Waals surface area contributed by atoms with E-state index in [4.69, 9.17) is 5.11 Å². The van der Waals surface area contributed by atoms with Gasteiger partial charge in [-0.15, -0.1) is 0 Å². The normalized spacial score (nSPS) is 28.8. The Morgan fingerprint density at radius 2 is 1.82 bits per heavy atom. The average Bonchev–Trinajstić information content (AvgIpc) is 3.09. The van der Waals surface area contributed by atoms with Crippen molar-refractivity contribution in [1.82, 2.24) is 4.90 Å². The number of rotatable bonds is 4. The fourth-order valence-corrected chi connectivity index (χ4v) is 2.87. The van der Waals surface area contributed by atoms with Crippen LogP contribution in [0.4, 0.5) is 0 Å². The number of nitrogens with zero attached hydrogens (tertiary/aromatic N) is 1. The first-order chi connectivity index (χ1) is 8.09. The van der Waals surface area contributed by atoms with Gasteiger partial charge in [0.05, 0.1) is 11.8 Å².